The molecule has 38 heavy (non-hydrogen) atoms. The molecule has 0 unspecified atom stereocenters. The molecule has 0 bridgehead atoms. The number of fused-ring (bicyclic) bond motifs is 1. The fourth-order valence-corrected chi connectivity index (χ4v) is 6.96. The van der Waals surface area contributed by atoms with Crippen LogP contribution in [0.25, 0.3) is 22.4 Å². The van der Waals surface area contributed by atoms with Gasteiger partial charge in [-0.25, -0.2) is 13.2 Å². The van der Waals surface area contributed by atoms with Gasteiger partial charge in [-0.05, 0) is 49.6 Å². The van der Waals surface area contributed by atoms with E-state index in [1.54, 1.807) is 18.2 Å². The SMILES string of the molecule is CC[C@@H](C)n1c(SCc2cc(=O)oc3cc(C)ccc23)nnc1-c1cccc(S(=O)(=O)N2CCOCC2)c1. The Hall–Kier alpha value is -2.99. The van der Waals surface area contributed by atoms with Gasteiger partial charge in [0.15, 0.2) is 11.0 Å². The van der Waals surface area contributed by atoms with Gasteiger partial charge in [0.25, 0.3) is 0 Å². The highest BCUT2D eigenvalue weighted by atomic mass is 32.2. The Balaban J connectivity index is 1.48. The molecule has 0 aliphatic carbocycles. The molecule has 0 radical (unpaired) electrons. The van der Waals surface area contributed by atoms with Crippen LogP contribution in [0, 0.1) is 6.92 Å². The van der Waals surface area contributed by atoms with Gasteiger partial charge in [0, 0.05) is 41.9 Å². The highest BCUT2D eigenvalue weighted by Gasteiger charge is 2.27. The van der Waals surface area contributed by atoms with Crippen LogP contribution in [0.1, 0.15) is 37.4 Å². The van der Waals surface area contributed by atoms with E-state index >= 15 is 0 Å². The van der Waals surface area contributed by atoms with Crippen molar-refractivity contribution < 1.29 is 17.6 Å². The smallest absolute Gasteiger partial charge is 0.336 e. The molecular formula is C27H30N4O5S2. The summed E-state index contributed by atoms with van der Waals surface area (Å²) >= 11 is 1.49. The number of benzene rings is 2. The predicted molar refractivity (Wildman–Crippen MR) is 147 cm³/mol. The minimum atomic E-state index is -3.65. The fraction of sp³-hybridized carbons (Fsp3) is 0.370. The standard InChI is InChI=1S/C27H30N4O5S2/c1-4-19(3)31-26(20-6-5-7-22(15-20)38(33,34)30-10-12-35-13-11-30)28-29-27(31)37-17-21-16-25(32)36-24-14-18(2)8-9-23(21)24/h5-9,14-16,19H,4,10-13,17H2,1-3H3/t19-/m1/s1. The van der Waals surface area contributed by atoms with E-state index in [9.17, 15) is 13.2 Å². The number of aromatic nitrogens is 3. The number of rotatable bonds is 8. The fourth-order valence-electron chi connectivity index (χ4n) is 4.48. The minimum absolute atomic E-state index is 0.0715. The molecule has 2 aromatic heterocycles. The Morgan fingerprint density at radius 1 is 1.08 bits per heavy atom. The Bertz CT molecular complexity index is 1620. The number of nitrogens with zero attached hydrogens (tertiary/aromatic N) is 4. The summed E-state index contributed by atoms with van der Waals surface area (Å²) in [5, 5.41) is 10.5. The van der Waals surface area contributed by atoms with Gasteiger partial charge in [-0.1, -0.05) is 43.0 Å². The van der Waals surface area contributed by atoms with E-state index < -0.39 is 10.0 Å². The highest BCUT2D eigenvalue weighted by Crippen LogP contribution is 2.33. The molecule has 0 saturated carbocycles. The Morgan fingerprint density at radius 2 is 1.87 bits per heavy atom. The number of hydrogen-bond donors (Lipinski definition) is 0. The molecule has 9 nitrogen and oxygen atoms in total. The molecule has 0 spiro atoms. The second-order valence-corrected chi connectivity index (χ2v) is 12.2. The Labute approximate surface area is 225 Å². The summed E-state index contributed by atoms with van der Waals surface area (Å²) in [4.78, 5) is 12.4. The van der Waals surface area contributed by atoms with Crippen LogP contribution in [-0.2, 0) is 20.5 Å². The average molecular weight is 555 g/mol. The van der Waals surface area contributed by atoms with Gasteiger partial charge in [-0.3, -0.25) is 4.57 Å². The van der Waals surface area contributed by atoms with E-state index in [-0.39, 0.29) is 16.6 Å². The van der Waals surface area contributed by atoms with Crippen LogP contribution in [0.2, 0.25) is 0 Å². The van der Waals surface area contributed by atoms with Crippen LogP contribution in [-0.4, -0.2) is 53.8 Å². The molecular weight excluding hydrogens is 524 g/mol. The zero-order chi connectivity index (χ0) is 26.9. The summed E-state index contributed by atoms with van der Waals surface area (Å²) in [6, 6.07) is 14.3. The first-order valence-electron chi connectivity index (χ1n) is 12.6. The lowest BCUT2D eigenvalue weighted by atomic mass is 10.1. The summed E-state index contributed by atoms with van der Waals surface area (Å²) in [6.07, 6.45) is 0.835. The quantitative estimate of drug-likeness (QED) is 0.229. The van der Waals surface area contributed by atoms with Gasteiger partial charge in [0.1, 0.15) is 5.58 Å². The molecule has 3 heterocycles. The van der Waals surface area contributed by atoms with Crippen molar-refractivity contribution in [2.75, 3.05) is 26.3 Å². The van der Waals surface area contributed by atoms with E-state index in [0.717, 1.165) is 22.9 Å². The Kier molecular flexibility index (Phi) is 7.71. The van der Waals surface area contributed by atoms with Crippen LogP contribution in [0.15, 0.2) is 67.8 Å². The second-order valence-electron chi connectivity index (χ2n) is 9.36. The second kappa shape index (κ2) is 11.0. The third-order valence-corrected chi connectivity index (χ3v) is 9.63. The van der Waals surface area contributed by atoms with Crippen LogP contribution >= 0.6 is 11.8 Å². The zero-order valence-electron chi connectivity index (χ0n) is 21.6. The van der Waals surface area contributed by atoms with Crippen molar-refractivity contribution in [1.82, 2.24) is 19.1 Å². The first-order valence-corrected chi connectivity index (χ1v) is 15.0. The van der Waals surface area contributed by atoms with Gasteiger partial charge in [0.2, 0.25) is 10.0 Å². The maximum absolute atomic E-state index is 13.3. The molecule has 1 aliphatic rings. The van der Waals surface area contributed by atoms with Gasteiger partial charge in [0.05, 0.1) is 18.1 Å². The molecule has 1 saturated heterocycles. The number of sulfonamides is 1. The number of thioether (sulfide) groups is 1. The van der Waals surface area contributed by atoms with E-state index in [1.165, 1.54) is 22.1 Å². The van der Waals surface area contributed by atoms with Crippen molar-refractivity contribution in [2.45, 2.75) is 49.0 Å². The average Bonchev–Trinajstić information content (AvgIpc) is 3.35. The maximum Gasteiger partial charge on any atom is 0.336 e. The van der Waals surface area contributed by atoms with Crippen LogP contribution in [0.3, 0.4) is 0 Å². The molecule has 4 aromatic rings. The lowest BCUT2D eigenvalue weighted by molar-refractivity contribution is 0.0730. The van der Waals surface area contributed by atoms with Gasteiger partial charge >= 0.3 is 5.63 Å². The van der Waals surface area contributed by atoms with E-state index in [0.29, 0.717) is 54.2 Å². The minimum Gasteiger partial charge on any atom is -0.423 e. The molecule has 1 fully saturated rings. The van der Waals surface area contributed by atoms with Crippen LogP contribution in [0.4, 0.5) is 0 Å². The monoisotopic (exact) mass is 554 g/mol. The first kappa shape index (κ1) is 26.6. The summed E-state index contributed by atoms with van der Waals surface area (Å²) in [6.45, 7) is 7.57. The molecule has 2 aromatic carbocycles. The van der Waals surface area contributed by atoms with Crippen molar-refractivity contribution >= 4 is 32.8 Å². The van der Waals surface area contributed by atoms with E-state index in [2.05, 4.69) is 24.0 Å². The molecule has 1 atom stereocenters. The topological polar surface area (TPSA) is 108 Å². The number of hydrogen-bond acceptors (Lipinski definition) is 8. The molecule has 1 aliphatic heterocycles. The van der Waals surface area contributed by atoms with Crippen molar-refractivity contribution in [2.24, 2.45) is 0 Å². The van der Waals surface area contributed by atoms with Gasteiger partial charge in [-0.2, -0.15) is 4.31 Å². The van der Waals surface area contributed by atoms with Crippen LogP contribution < -0.4 is 5.63 Å². The predicted octanol–water partition coefficient (Wildman–Crippen LogP) is 4.64. The molecule has 5 rings (SSSR count). The lowest BCUT2D eigenvalue weighted by Gasteiger charge is -2.26. The van der Waals surface area contributed by atoms with E-state index in [4.69, 9.17) is 9.15 Å². The largest absolute Gasteiger partial charge is 0.423 e. The van der Waals surface area contributed by atoms with Crippen molar-refractivity contribution in [3.63, 3.8) is 0 Å². The van der Waals surface area contributed by atoms with Gasteiger partial charge < -0.3 is 9.15 Å². The highest BCUT2D eigenvalue weighted by molar-refractivity contribution is 7.98. The molecule has 11 heteroatoms. The molecule has 200 valence electrons. The van der Waals surface area contributed by atoms with Crippen molar-refractivity contribution in [3.8, 4) is 11.4 Å². The first-order chi connectivity index (χ1) is 18.3. The summed E-state index contributed by atoms with van der Waals surface area (Å²) in [7, 11) is -3.65. The van der Waals surface area contributed by atoms with Crippen molar-refractivity contribution in [3.05, 3.63) is 70.1 Å². The third-order valence-electron chi connectivity index (χ3n) is 6.74. The number of aryl methyl sites for hydroxylation is 1. The zero-order valence-corrected chi connectivity index (χ0v) is 23.2. The maximum atomic E-state index is 13.3. The number of morpholine rings is 1. The van der Waals surface area contributed by atoms with Crippen molar-refractivity contribution in [1.29, 1.82) is 0 Å². The lowest BCUT2D eigenvalue weighted by Crippen LogP contribution is -2.40. The summed E-state index contributed by atoms with van der Waals surface area (Å²) < 4.78 is 40.7. The summed E-state index contributed by atoms with van der Waals surface area (Å²) in [5.41, 5.74) is 2.74. The normalized spacial score (nSPS) is 15.7. The number of ether oxygens (including phenoxy) is 1. The van der Waals surface area contributed by atoms with E-state index in [1.807, 2.05) is 35.8 Å². The molecule has 0 N–H and O–H groups in total. The Morgan fingerprint density at radius 3 is 2.63 bits per heavy atom. The van der Waals surface area contributed by atoms with Crippen LogP contribution in [0.5, 0.6) is 0 Å². The molecule has 0 amide bonds. The van der Waals surface area contributed by atoms with Gasteiger partial charge in [-0.15, -0.1) is 10.2 Å². The third kappa shape index (κ3) is 5.28. The summed E-state index contributed by atoms with van der Waals surface area (Å²) in [5.74, 6) is 1.11.